The third kappa shape index (κ3) is 9.49. The summed E-state index contributed by atoms with van der Waals surface area (Å²) in [5, 5.41) is 13.9. The van der Waals surface area contributed by atoms with Gasteiger partial charge >= 0.3 is 0 Å². The predicted octanol–water partition coefficient (Wildman–Crippen LogP) is 3.73. The number of hydrogen-bond donors (Lipinski definition) is 2. The van der Waals surface area contributed by atoms with Gasteiger partial charge in [-0.3, -0.25) is 14.8 Å². The maximum Gasteiger partial charge on any atom is 0.281 e. The minimum Gasteiger partial charge on any atom is -0.493 e. The summed E-state index contributed by atoms with van der Waals surface area (Å²) >= 11 is 0. The molecule has 0 unspecified atom stereocenters. The van der Waals surface area contributed by atoms with Crippen LogP contribution in [0.5, 0.6) is 5.75 Å². The van der Waals surface area contributed by atoms with Crippen molar-refractivity contribution in [3.63, 3.8) is 0 Å². The van der Waals surface area contributed by atoms with Crippen molar-refractivity contribution in [2.45, 2.75) is 38.6 Å². The molecule has 2 N–H and O–H groups in total. The monoisotopic (exact) mass is 441 g/mol. The molecule has 2 aromatic rings. The standard InChI is InChI=1S/C25H35N3O4/c1-27(2)18-11-17-26-24(29)16-7-4-10-19-32-23-15-9-8-14-22(23)25(30)28(31)20-21-12-5-3-6-13-21/h3,5-6,8-9,12-15,31H,4,7,10-11,16-20H2,1-2H3,(H,26,29). The van der Waals surface area contributed by atoms with Gasteiger partial charge in [-0.25, -0.2) is 5.06 Å². The Morgan fingerprint density at radius 1 is 0.938 bits per heavy atom. The average Bonchev–Trinajstić information content (AvgIpc) is 2.79. The van der Waals surface area contributed by atoms with Crippen LogP contribution in [0.2, 0.25) is 0 Å². The van der Waals surface area contributed by atoms with Gasteiger partial charge in [0.2, 0.25) is 5.91 Å². The molecular formula is C25H35N3O4. The summed E-state index contributed by atoms with van der Waals surface area (Å²) in [5.41, 5.74) is 1.16. The maximum absolute atomic E-state index is 12.7. The fourth-order valence-electron chi connectivity index (χ4n) is 3.19. The van der Waals surface area contributed by atoms with Crippen molar-refractivity contribution in [1.82, 2.24) is 15.3 Å². The molecule has 2 rings (SSSR count). The van der Waals surface area contributed by atoms with Crippen LogP contribution in [-0.2, 0) is 11.3 Å². The van der Waals surface area contributed by atoms with Crippen molar-refractivity contribution < 1.29 is 19.5 Å². The molecule has 0 aliphatic heterocycles. The highest BCUT2D eigenvalue weighted by Gasteiger charge is 2.18. The first-order chi connectivity index (χ1) is 15.5. The zero-order valence-electron chi connectivity index (χ0n) is 19.1. The molecule has 0 saturated heterocycles. The second-order valence-electron chi connectivity index (χ2n) is 8.01. The van der Waals surface area contributed by atoms with E-state index in [1.54, 1.807) is 24.3 Å². The van der Waals surface area contributed by atoms with Crippen LogP contribution in [0.15, 0.2) is 54.6 Å². The van der Waals surface area contributed by atoms with E-state index < -0.39 is 5.91 Å². The van der Waals surface area contributed by atoms with Crippen molar-refractivity contribution >= 4 is 11.8 Å². The van der Waals surface area contributed by atoms with Crippen molar-refractivity contribution in [3.8, 4) is 5.75 Å². The van der Waals surface area contributed by atoms with Gasteiger partial charge in [0.1, 0.15) is 5.75 Å². The lowest BCUT2D eigenvalue weighted by Crippen LogP contribution is -2.27. The topological polar surface area (TPSA) is 82.1 Å². The summed E-state index contributed by atoms with van der Waals surface area (Å²) in [6.07, 6.45) is 3.90. The van der Waals surface area contributed by atoms with Crippen LogP contribution >= 0.6 is 0 Å². The Bertz CT molecular complexity index is 827. The summed E-state index contributed by atoms with van der Waals surface area (Å²) in [5.74, 6) is 0.0284. The molecule has 0 saturated carbocycles. The molecule has 0 bridgehead atoms. The SMILES string of the molecule is CN(C)CCCNC(=O)CCCCCOc1ccccc1C(=O)N(O)Cc1ccccc1. The Morgan fingerprint density at radius 2 is 1.66 bits per heavy atom. The van der Waals surface area contributed by atoms with Gasteiger partial charge < -0.3 is 15.0 Å². The minimum atomic E-state index is -0.504. The number of para-hydroxylation sites is 1. The van der Waals surface area contributed by atoms with E-state index >= 15 is 0 Å². The molecule has 0 atom stereocenters. The van der Waals surface area contributed by atoms with Crippen molar-refractivity contribution in [1.29, 1.82) is 0 Å². The normalized spacial score (nSPS) is 10.8. The summed E-state index contributed by atoms with van der Waals surface area (Å²) in [4.78, 5) is 26.6. The highest BCUT2D eigenvalue weighted by molar-refractivity contribution is 5.96. The molecule has 0 radical (unpaired) electrons. The van der Waals surface area contributed by atoms with E-state index in [0.29, 0.717) is 35.9 Å². The number of carbonyl (C=O) groups is 2. The van der Waals surface area contributed by atoms with Gasteiger partial charge in [-0.15, -0.1) is 0 Å². The molecule has 0 heterocycles. The first-order valence-corrected chi connectivity index (χ1v) is 11.2. The number of nitrogens with one attached hydrogen (secondary N) is 1. The fraction of sp³-hybridized carbons (Fsp3) is 0.440. The van der Waals surface area contributed by atoms with Gasteiger partial charge in [0.15, 0.2) is 0 Å². The maximum atomic E-state index is 12.7. The van der Waals surface area contributed by atoms with E-state index in [9.17, 15) is 14.8 Å². The predicted molar refractivity (Wildman–Crippen MR) is 125 cm³/mol. The van der Waals surface area contributed by atoms with Crippen LogP contribution < -0.4 is 10.1 Å². The van der Waals surface area contributed by atoms with Crippen LogP contribution in [-0.4, -0.2) is 60.8 Å². The van der Waals surface area contributed by atoms with E-state index in [1.165, 1.54) is 0 Å². The molecule has 174 valence electrons. The number of hydroxylamine groups is 2. The molecule has 2 aromatic carbocycles. The second-order valence-corrected chi connectivity index (χ2v) is 8.01. The summed E-state index contributed by atoms with van der Waals surface area (Å²) in [6, 6.07) is 16.2. The molecule has 0 spiro atoms. The molecule has 7 nitrogen and oxygen atoms in total. The van der Waals surface area contributed by atoms with Gasteiger partial charge in [-0.2, -0.15) is 0 Å². The molecular weight excluding hydrogens is 406 g/mol. The van der Waals surface area contributed by atoms with Crippen LogP contribution in [0, 0.1) is 0 Å². The van der Waals surface area contributed by atoms with E-state index in [1.807, 2.05) is 44.4 Å². The van der Waals surface area contributed by atoms with Crippen molar-refractivity contribution in [2.24, 2.45) is 0 Å². The highest BCUT2D eigenvalue weighted by atomic mass is 16.5. The largest absolute Gasteiger partial charge is 0.493 e. The quantitative estimate of drug-likeness (QED) is 0.265. The number of hydrogen-bond acceptors (Lipinski definition) is 5. The Hall–Kier alpha value is -2.90. The van der Waals surface area contributed by atoms with Gasteiger partial charge in [-0.05, 0) is 64.0 Å². The van der Waals surface area contributed by atoms with Crippen molar-refractivity contribution in [3.05, 3.63) is 65.7 Å². The van der Waals surface area contributed by atoms with Crippen LogP contribution in [0.4, 0.5) is 0 Å². The first-order valence-electron chi connectivity index (χ1n) is 11.2. The lowest BCUT2D eigenvalue weighted by atomic mass is 10.1. The van der Waals surface area contributed by atoms with Gasteiger partial charge in [-0.1, -0.05) is 42.5 Å². The van der Waals surface area contributed by atoms with Crippen LogP contribution in [0.3, 0.4) is 0 Å². The number of benzene rings is 2. The van der Waals surface area contributed by atoms with E-state index in [-0.39, 0.29) is 12.5 Å². The summed E-state index contributed by atoms with van der Waals surface area (Å²) < 4.78 is 5.80. The molecule has 0 aliphatic carbocycles. The highest BCUT2D eigenvalue weighted by Crippen LogP contribution is 2.21. The lowest BCUT2D eigenvalue weighted by molar-refractivity contribution is -0.121. The Labute approximate surface area is 190 Å². The lowest BCUT2D eigenvalue weighted by Gasteiger charge is -2.17. The number of ether oxygens (including phenoxy) is 1. The van der Waals surface area contributed by atoms with Gasteiger partial charge in [0.05, 0.1) is 18.7 Å². The van der Waals surface area contributed by atoms with E-state index in [2.05, 4.69) is 10.2 Å². The third-order valence-corrected chi connectivity index (χ3v) is 4.94. The number of amides is 2. The van der Waals surface area contributed by atoms with Crippen LogP contribution in [0.1, 0.15) is 48.0 Å². The zero-order valence-corrected chi connectivity index (χ0v) is 19.1. The minimum absolute atomic E-state index is 0.0853. The molecule has 0 fully saturated rings. The second kappa shape index (κ2) is 14.2. The van der Waals surface area contributed by atoms with Crippen LogP contribution in [0.25, 0.3) is 0 Å². The Morgan fingerprint density at radius 3 is 2.41 bits per heavy atom. The number of carbonyl (C=O) groups excluding carboxylic acids is 2. The Balaban J connectivity index is 1.70. The zero-order chi connectivity index (χ0) is 23.2. The smallest absolute Gasteiger partial charge is 0.281 e. The summed E-state index contributed by atoms with van der Waals surface area (Å²) in [6.45, 7) is 2.21. The van der Waals surface area contributed by atoms with E-state index in [4.69, 9.17) is 4.74 Å². The van der Waals surface area contributed by atoms with E-state index in [0.717, 1.165) is 37.8 Å². The fourth-order valence-corrected chi connectivity index (χ4v) is 3.19. The molecule has 2 amide bonds. The third-order valence-electron chi connectivity index (χ3n) is 4.94. The molecule has 0 aliphatic rings. The molecule has 32 heavy (non-hydrogen) atoms. The first kappa shape index (κ1) is 25.4. The number of nitrogens with zero attached hydrogens (tertiary/aromatic N) is 2. The van der Waals surface area contributed by atoms with Gasteiger partial charge in [0, 0.05) is 13.0 Å². The van der Waals surface area contributed by atoms with Gasteiger partial charge in [0.25, 0.3) is 5.91 Å². The summed E-state index contributed by atoms with van der Waals surface area (Å²) in [7, 11) is 4.03. The molecule has 7 heteroatoms. The Kier molecular flexibility index (Phi) is 11.3. The average molecular weight is 442 g/mol. The number of rotatable bonds is 14. The molecule has 0 aromatic heterocycles. The van der Waals surface area contributed by atoms with Crippen molar-refractivity contribution in [2.75, 3.05) is 33.8 Å². The number of unbranched alkanes of at least 4 members (excludes halogenated alkanes) is 2.